The van der Waals surface area contributed by atoms with E-state index >= 15 is 0 Å². The standard InChI is InChI=1S/C17H20BrN3O/c1-13-11-15(3-4-16(13)18)20-12-17(22)21(2)10-7-14-5-8-19-9-6-14/h3-6,8-9,11,20H,7,10,12H2,1-2H3. The molecule has 0 bridgehead atoms. The number of aromatic nitrogens is 1. The summed E-state index contributed by atoms with van der Waals surface area (Å²) in [6, 6.07) is 9.91. The van der Waals surface area contributed by atoms with E-state index < -0.39 is 0 Å². The van der Waals surface area contributed by atoms with Gasteiger partial charge < -0.3 is 10.2 Å². The Bertz CT molecular complexity index is 631. The number of amides is 1. The summed E-state index contributed by atoms with van der Waals surface area (Å²) < 4.78 is 1.07. The Balaban J connectivity index is 1.79. The van der Waals surface area contributed by atoms with Crippen molar-refractivity contribution in [3.8, 4) is 0 Å². The van der Waals surface area contributed by atoms with Crippen LogP contribution in [0.25, 0.3) is 0 Å². The van der Waals surface area contributed by atoms with Gasteiger partial charge in [0.15, 0.2) is 0 Å². The molecule has 5 heteroatoms. The SMILES string of the molecule is Cc1cc(NCC(=O)N(C)CCc2ccncc2)ccc1Br. The summed E-state index contributed by atoms with van der Waals surface area (Å²) in [5, 5.41) is 3.17. The average Bonchev–Trinajstić information content (AvgIpc) is 2.54. The highest BCUT2D eigenvalue weighted by Crippen LogP contribution is 2.19. The number of likely N-dealkylation sites (N-methyl/N-ethyl adjacent to an activating group) is 1. The minimum atomic E-state index is 0.0784. The van der Waals surface area contributed by atoms with Crippen LogP contribution in [-0.2, 0) is 11.2 Å². The van der Waals surface area contributed by atoms with Gasteiger partial charge in [0.25, 0.3) is 0 Å². The topological polar surface area (TPSA) is 45.2 Å². The van der Waals surface area contributed by atoms with Gasteiger partial charge in [0.1, 0.15) is 0 Å². The average molecular weight is 362 g/mol. The van der Waals surface area contributed by atoms with Crippen molar-refractivity contribution in [3.05, 3.63) is 58.3 Å². The van der Waals surface area contributed by atoms with Gasteiger partial charge in [-0.15, -0.1) is 0 Å². The number of rotatable bonds is 6. The number of aryl methyl sites for hydroxylation is 1. The van der Waals surface area contributed by atoms with Crippen molar-refractivity contribution < 1.29 is 4.79 Å². The van der Waals surface area contributed by atoms with Gasteiger partial charge in [-0.3, -0.25) is 9.78 Å². The Labute approximate surface area is 139 Å². The van der Waals surface area contributed by atoms with Crippen LogP contribution in [0, 0.1) is 6.92 Å². The molecule has 2 rings (SSSR count). The number of hydrogen-bond acceptors (Lipinski definition) is 3. The Kier molecular flexibility index (Phi) is 5.95. The second-order valence-corrected chi connectivity index (χ2v) is 6.09. The zero-order valence-corrected chi connectivity index (χ0v) is 14.4. The van der Waals surface area contributed by atoms with E-state index in [1.807, 2.05) is 44.3 Å². The Morgan fingerprint density at radius 1 is 1.27 bits per heavy atom. The molecule has 0 aliphatic rings. The molecule has 0 radical (unpaired) electrons. The molecule has 0 aliphatic carbocycles. The van der Waals surface area contributed by atoms with Gasteiger partial charge in [-0.05, 0) is 54.8 Å². The Hall–Kier alpha value is -1.88. The minimum absolute atomic E-state index is 0.0784. The normalized spacial score (nSPS) is 10.3. The number of benzene rings is 1. The lowest BCUT2D eigenvalue weighted by Gasteiger charge is -2.18. The van der Waals surface area contributed by atoms with E-state index in [0.717, 1.165) is 22.1 Å². The van der Waals surface area contributed by atoms with Crippen molar-refractivity contribution in [1.82, 2.24) is 9.88 Å². The quantitative estimate of drug-likeness (QED) is 0.858. The van der Waals surface area contributed by atoms with E-state index in [9.17, 15) is 4.79 Å². The van der Waals surface area contributed by atoms with Crippen molar-refractivity contribution in [2.75, 3.05) is 25.5 Å². The molecule has 2 aromatic rings. The first-order valence-corrected chi connectivity index (χ1v) is 7.98. The fraction of sp³-hybridized carbons (Fsp3) is 0.294. The van der Waals surface area contributed by atoms with E-state index in [1.165, 1.54) is 5.56 Å². The van der Waals surface area contributed by atoms with Crippen LogP contribution in [0.2, 0.25) is 0 Å². The van der Waals surface area contributed by atoms with Gasteiger partial charge in [0, 0.05) is 36.1 Å². The van der Waals surface area contributed by atoms with Gasteiger partial charge in [0.2, 0.25) is 5.91 Å². The number of anilines is 1. The van der Waals surface area contributed by atoms with Crippen LogP contribution in [0.5, 0.6) is 0 Å². The highest BCUT2D eigenvalue weighted by atomic mass is 79.9. The zero-order chi connectivity index (χ0) is 15.9. The van der Waals surface area contributed by atoms with Crippen LogP contribution in [0.1, 0.15) is 11.1 Å². The van der Waals surface area contributed by atoms with Crippen molar-refractivity contribution in [1.29, 1.82) is 0 Å². The monoisotopic (exact) mass is 361 g/mol. The lowest BCUT2D eigenvalue weighted by Crippen LogP contribution is -2.33. The molecule has 1 aromatic heterocycles. The smallest absolute Gasteiger partial charge is 0.241 e. The summed E-state index contributed by atoms with van der Waals surface area (Å²) in [5.41, 5.74) is 3.28. The molecular weight excluding hydrogens is 342 g/mol. The van der Waals surface area contributed by atoms with Crippen LogP contribution in [-0.4, -0.2) is 35.9 Å². The first kappa shape index (κ1) is 16.5. The maximum Gasteiger partial charge on any atom is 0.241 e. The molecule has 1 N–H and O–H groups in total. The van der Waals surface area contributed by atoms with Crippen LogP contribution in [0.15, 0.2) is 47.2 Å². The molecule has 0 saturated heterocycles. The first-order chi connectivity index (χ1) is 10.6. The second kappa shape index (κ2) is 7.94. The van der Waals surface area contributed by atoms with Crippen LogP contribution in [0.3, 0.4) is 0 Å². The highest BCUT2D eigenvalue weighted by Gasteiger charge is 2.08. The number of nitrogens with zero attached hydrogens (tertiary/aromatic N) is 2. The van der Waals surface area contributed by atoms with Crippen molar-refractivity contribution in [3.63, 3.8) is 0 Å². The van der Waals surface area contributed by atoms with Gasteiger partial charge in [0.05, 0.1) is 6.54 Å². The minimum Gasteiger partial charge on any atom is -0.376 e. The van der Waals surface area contributed by atoms with Crippen LogP contribution < -0.4 is 5.32 Å². The largest absolute Gasteiger partial charge is 0.376 e. The summed E-state index contributed by atoms with van der Waals surface area (Å²) in [6.45, 7) is 3.02. The van der Waals surface area contributed by atoms with Gasteiger partial charge in [-0.2, -0.15) is 0 Å². The highest BCUT2D eigenvalue weighted by molar-refractivity contribution is 9.10. The van der Waals surface area contributed by atoms with Crippen LogP contribution >= 0.6 is 15.9 Å². The molecule has 22 heavy (non-hydrogen) atoms. The summed E-state index contributed by atoms with van der Waals surface area (Å²) >= 11 is 3.47. The number of halogens is 1. The Morgan fingerprint density at radius 2 is 2.00 bits per heavy atom. The van der Waals surface area contributed by atoms with Crippen molar-refractivity contribution >= 4 is 27.5 Å². The first-order valence-electron chi connectivity index (χ1n) is 7.19. The Morgan fingerprint density at radius 3 is 2.68 bits per heavy atom. The lowest BCUT2D eigenvalue weighted by molar-refractivity contribution is -0.127. The predicted molar refractivity (Wildman–Crippen MR) is 92.9 cm³/mol. The van der Waals surface area contributed by atoms with Crippen molar-refractivity contribution in [2.45, 2.75) is 13.3 Å². The molecule has 0 fully saturated rings. The number of nitrogens with one attached hydrogen (secondary N) is 1. The molecule has 4 nitrogen and oxygen atoms in total. The zero-order valence-electron chi connectivity index (χ0n) is 12.8. The van der Waals surface area contributed by atoms with E-state index in [-0.39, 0.29) is 5.91 Å². The molecular formula is C17H20BrN3O. The summed E-state index contributed by atoms with van der Waals surface area (Å²) in [7, 11) is 1.83. The molecule has 0 unspecified atom stereocenters. The molecule has 0 saturated carbocycles. The molecule has 1 heterocycles. The third-order valence-corrected chi connectivity index (χ3v) is 4.40. The number of carbonyl (C=O) groups is 1. The van der Waals surface area contributed by atoms with Gasteiger partial charge in [-0.25, -0.2) is 0 Å². The van der Waals surface area contributed by atoms with Gasteiger partial charge >= 0.3 is 0 Å². The van der Waals surface area contributed by atoms with Crippen LogP contribution in [0.4, 0.5) is 5.69 Å². The van der Waals surface area contributed by atoms with Gasteiger partial charge in [-0.1, -0.05) is 15.9 Å². The molecule has 1 aromatic carbocycles. The molecule has 0 atom stereocenters. The summed E-state index contributed by atoms with van der Waals surface area (Å²) in [6.07, 6.45) is 4.38. The fourth-order valence-electron chi connectivity index (χ4n) is 2.04. The third-order valence-electron chi connectivity index (χ3n) is 3.51. The van der Waals surface area contributed by atoms with E-state index in [1.54, 1.807) is 17.3 Å². The maximum atomic E-state index is 12.1. The third kappa shape index (κ3) is 4.84. The molecule has 1 amide bonds. The maximum absolute atomic E-state index is 12.1. The molecule has 0 spiro atoms. The van der Waals surface area contributed by atoms with E-state index in [4.69, 9.17) is 0 Å². The summed E-state index contributed by atoms with van der Waals surface area (Å²) in [5.74, 6) is 0.0784. The predicted octanol–water partition coefficient (Wildman–Crippen LogP) is 3.27. The lowest BCUT2D eigenvalue weighted by atomic mass is 10.2. The fourth-order valence-corrected chi connectivity index (χ4v) is 2.28. The molecule has 0 aliphatic heterocycles. The second-order valence-electron chi connectivity index (χ2n) is 5.24. The van der Waals surface area contributed by atoms with Crippen molar-refractivity contribution in [2.24, 2.45) is 0 Å². The number of carbonyl (C=O) groups excluding carboxylic acids is 1. The molecule has 116 valence electrons. The van der Waals surface area contributed by atoms with E-state index in [0.29, 0.717) is 13.1 Å². The number of hydrogen-bond donors (Lipinski definition) is 1. The summed E-state index contributed by atoms with van der Waals surface area (Å²) in [4.78, 5) is 17.9. The number of pyridine rings is 1. The van der Waals surface area contributed by atoms with E-state index in [2.05, 4.69) is 26.2 Å².